The minimum absolute atomic E-state index is 0.217. The number of rotatable bonds is 6. The number of hydrogen-bond donors (Lipinski definition) is 1. The van der Waals surface area contributed by atoms with Gasteiger partial charge in [0.05, 0.1) is 7.11 Å². The van der Waals surface area contributed by atoms with Crippen LogP contribution in [0.1, 0.15) is 27.2 Å². The van der Waals surface area contributed by atoms with Gasteiger partial charge in [-0.2, -0.15) is 0 Å². The van der Waals surface area contributed by atoms with E-state index in [1.54, 1.807) is 6.92 Å². The van der Waals surface area contributed by atoms with E-state index in [0.717, 1.165) is 0 Å². The zero-order chi connectivity index (χ0) is 12.7. The van der Waals surface area contributed by atoms with E-state index in [-0.39, 0.29) is 17.7 Å². The number of carbonyl (C=O) groups excluding carboxylic acids is 2. The van der Waals surface area contributed by atoms with Gasteiger partial charge in [-0.3, -0.25) is 4.79 Å². The van der Waals surface area contributed by atoms with Gasteiger partial charge in [0.2, 0.25) is 5.91 Å². The van der Waals surface area contributed by atoms with Crippen LogP contribution in [0.5, 0.6) is 0 Å². The smallest absolute Gasteiger partial charge is 0.328 e. The van der Waals surface area contributed by atoms with Gasteiger partial charge in [-0.05, 0) is 12.3 Å². The molecule has 0 aliphatic heterocycles. The third-order valence-corrected chi connectivity index (χ3v) is 2.65. The summed E-state index contributed by atoms with van der Waals surface area (Å²) in [6.07, 6.45) is 0.563. The topological polar surface area (TPSA) is 55.4 Å². The lowest BCUT2D eigenvalue weighted by atomic mass is 10.0. The Hall–Kier alpha value is -0.770. The fourth-order valence-electron chi connectivity index (χ4n) is 1.21. The van der Waals surface area contributed by atoms with E-state index in [9.17, 15) is 9.59 Å². The molecule has 0 fully saturated rings. The van der Waals surface area contributed by atoms with Crippen molar-refractivity contribution in [2.75, 3.05) is 13.0 Å². The number of alkyl halides is 1. The van der Waals surface area contributed by atoms with Crippen molar-refractivity contribution in [1.29, 1.82) is 0 Å². The quantitative estimate of drug-likeness (QED) is 0.574. The van der Waals surface area contributed by atoms with Crippen molar-refractivity contribution in [3.05, 3.63) is 0 Å². The van der Waals surface area contributed by atoms with Crippen molar-refractivity contribution < 1.29 is 14.3 Å². The number of ether oxygens (including phenoxy) is 1. The average molecular weight is 250 g/mol. The van der Waals surface area contributed by atoms with Crippen LogP contribution in [0.4, 0.5) is 0 Å². The molecular formula is C11H20ClNO3. The number of hydrogen-bond acceptors (Lipinski definition) is 3. The summed E-state index contributed by atoms with van der Waals surface area (Å²) < 4.78 is 4.64. The molecule has 0 aromatic carbocycles. The molecule has 0 aromatic rings. The molecule has 0 rings (SSSR count). The monoisotopic (exact) mass is 249 g/mol. The minimum Gasteiger partial charge on any atom is -0.467 e. The van der Waals surface area contributed by atoms with E-state index >= 15 is 0 Å². The maximum Gasteiger partial charge on any atom is 0.328 e. The molecule has 94 valence electrons. The molecule has 16 heavy (non-hydrogen) atoms. The minimum atomic E-state index is -0.580. The van der Waals surface area contributed by atoms with Gasteiger partial charge in [-0.1, -0.05) is 20.8 Å². The van der Waals surface area contributed by atoms with E-state index in [2.05, 4.69) is 10.1 Å². The van der Waals surface area contributed by atoms with Crippen LogP contribution in [0.25, 0.3) is 0 Å². The SMILES string of the molecule is COC(=O)C(CC(C)C)NC(=O)C(C)CCl. The number of amides is 1. The lowest BCUT2D eigenvalue weighted by molar-refractivity contribution is -0.145. The molecule has 0 spiro atoms. The average Bonchev–Trinajstić information content (AvgIpc) is 2.25. The largest absolute Gasteiger partial charge is 0.467 e. The predicted octanol–water partition coefficient (Wildman–Crippen LogP) is 1.57. The molecule has 0 bridgehead atoms. The molecule has 2 atom stereocenters. The summed E-state index contributed by atoms with van der Waals surface area (Å²) in [5, 5.41) is 2.65. The Morgan fingerprint density at radius 1 is 1.31 bits per heavy atom. The van der Waals surface area contributed by atoms with Crippen LogP contribution in [-0.4, -0.2) is 30.9 Å². The maximum atomic E-state index is 11.6. The van der Waals surface area contributed by atoms with Gasteiger partial charge in [-0.25, -0.2) is 4.79 Å². The Labute approximate surface area is 102 Å². The lowest BCUT2D eigenvalue weighted by Crippen LogP contribution is -2.44. The number of methoxy groups -OCH3 is 1. The lowest BCUT2D eigenvalue weighted by Gasteiger charge is -2.19. The highest BCUT2D eigenvalue weighted by molar-refractivity contribution is 6.19. The van der Waals surface area contributed by atoms with Crippen LogP contribution in [0.3, 0.4) is 0 Å². The zero-order valence-electron chi connectivity index (χ0n) is 10.2. The summed E-state index contributed by atoms with van der Waals surface area (Å²) in [6, 6.07) is -0.580. The molecule has 4 nitrogen and oxygen atoms in total. The third-order valence-electron chi connectivity index (χ3n) is 2.19. The molecule has 0 saturated heterocycles. The second-order valence-electron chi connectivity index (χ2n) is 4.27. The first kappa shape index (κ1) is 15.2. The summed E-state index contributed by atoms with van der Waals surface area (Å²) in [5.74, 6) is -0.395. The van der Waals surface area contributed by atoms with Gasteiger partial charge in [0.15, 0.2) is 0 Å². The molecule has 1 amide bonds. The van der Waals surface area contributed by atoms with Crippen molar-refractivity contribution in [3.63, 3.8) is 0 Å². The first-order valence-electron chi connectivity index (χ1n) is 5.36. The Balaban J connectivity index is 4.42. The van der Waals surface area contributed by atoms with Gasteiger partial charge in [0.1, 0.15) is 6.04 Å². The Morgan fingerprint density at radius 2 is 1.88 bits per heavy atom. The summed E-state index contributed by atoms with van der Waals surface area (Å²) in [6.45, 7) is 5.67. The van der Waals surface area contributed by atoms with Crippen LogP contribution < -0.4 is 5.32 Å². The highest BCUT2D eigenvalue weighted by Crippen LogP contribution is 2.08. The van der Waals surface area contributed by atoms with Crippen molar-refractivity contribution in [2.45, 2.75) is 33.2 Å². The van der Waals surface area contributed by atoms with Gasteiger partial charge in [0, 0.05) is 11.8 Å². The van der Waals surface area contributed by atoms with Crippen molar-refractivity contribution >= 4 is 23.5 Å². The molecule has 0 aliphatic carbocycles. The molecule has 2 unspecified atom stereocenters. The molecule has 5 heteroatoms. The maximum absolute atomic E-state index is 11.6. The summed E-state index contributed by atoms with van der Waals surface area (Å²) in [5.41, 5.74) is 0. The van der Waals surface area contributed by atoms with Crippen LogP contribution >= 0.6 is 11.6 Å². The highest BCUT2D eigenvalue weighted by atomic mass is 35.5. The fourth-order valence-corrected chi connectivity index (χ4v) is 1.35. The van der Waals surface area contributed by atoms with Crippen molar-refractivity contribution in [3.8, 4) is 0 Å². The van der Waals surface area contributed by atoms with Gasteiger partial charge < -0.3 is 10.1 Å². The standard InChI is InChI=1S/C11H20ClNO3/c1-7(2)5-9(11(15)16-4)13-10(14)8(3)6-12/h7-9H,5-6H2,1-4H3,(H,13,14). The summed E-state index contributed by atoms with van der Waals surface area (Å²) in [7, 11) is 1.31. The van der Waals surface area contributed by atoms with Crippen molar-refractivity contribution in [1.82, 2.24) is 5.32 Å². The van der Waals surface area contributed by atoms with E-state index in [1.807, 2.05) is 13.8 Å². The second kappa shape index (κ2) is 7.49. The Morgan fingerprint density at radius 3 is 2.25 bits per heavy atom. The number of halogens is 1. The molecule has 0 aromatic heterocycles. The molecule has 0 saturated carbocycles. The normalized spacial score (nSPS) is 14.4. The van der Waals surface area contributed by atoms with Crippen LogP contribution in [-0.2, 0) is 14.3 Å². The Bertz CT molecular complexity index is 243. The highest BCUT2D eigenvalue weighted by Gasteiger charge is 2.24. The zero-order valence-corrected chi connectivity index (χ0v) is 11.0. The van der Waals surface area contributed by atoms with Gasteiger partial charge in [0.25, 0.3) is 0 Å². The molecule has 0 heterocycles. The first-order valence-corrected chi connectivity index (χ1v) is 5.90. The van der Waals surface area contributed by atoms with E-state index in [0.29, 0.717) is 12.3 Å². The molecular weight excluding hydrogens is 230 g/mol. The second-order valence-corrected chi connectivity index (χ2v) is 4.58. The molecule has 0 radical (unpaired) electrons. The molecule has 1 N–H and O–H groups in total. The summed E-state index contributed by atoms with van der Waals surface area (Å²) in [4.78, 5) is 23.0. The fraction of sp³-hybridized carbons (Fsp3) is 0.818. The van der Waals surface area contributed by atoms with Gasteiger partial charge >= 0.3 is 5.97 Å². The number of carbonyl (C=O) groups is 2. The number of nitrogens with one attached hydrogen (secondary N) is 1. The molecule has 0 aliphatic rings. The van der Waals surface area contributed by atoms with Crippen molar-refractivity contribution in [2.24, 2.45) is 11.8 Å². The van der Waals surface area contributed by atoms with Crippen LogP contribution in [0.15, 0.2) is 0 Å². The summed E-state index contributed by atoms with van der Waals surface area (Å²) >= 11 is 5.57. The van der Waals surface area contributed by atoms with Crippen LogP contribution in [0, 0.1) is 11.8 Å². The van der Waals surface area contributed by atoms with Gasteiger partial charge in [-0.15, -0.1) is 11.6 Å². The third kappa shape index (κ3) is 5.35. The van der Waals surface area contributed by atoms with E-state index in [4.69, 9.17) is 11.6 Å². The Kier molecular flexibility index (Phi) is 7.13. The first-order chi connectivity index (χ1) is 7.42. The van der Waals surface area contributed by atoms with Crippen LogP contribution in [0.2, 0.25) is 0 Å². The van der Waals surface area contributed by atoms with E-state index < -0.39 is 12.0 Å². The predicted molar refractivity (Wildman–Crippen MR) is 63.3 cm³/mol. The number of esters is 1. The van der Waals surface area contributed by atoms with E-state index in [1.165, 1.54) is 7.11 Å².